The van der Waals surface area contributed by atoms with Crippen LogP contribution < -0.4 is 0 Å². The molecule has 0 spiro atoms. The maximum atomic E-state index is 9.15. The Kier molecular flexibility index (Phi) is 2.98. The second-order valence-electron chi connectivity index (χ2n) is 4.11. The molecule has 0 saturated heterocycles. The first-order valence-electron chi connectivity index (χ1n) is 5.81. The van der Waals surface area contributed by atoms with E-state index in [2.05, 4.69) is 11.1 Å². The lowest BCUT2D eigenvalue weighted by Gasteiger charge is -2.03. The number of oxazole rings is 1. The van der Waals surface area contributed by atoms with E-state index in [9.17, 15) is 0 Å². The Balaban J connectivity index is 2.04. The van der Waals surface area contributed by atoms with Gasteiger partial charge in [-0.3, -0.25) is 0 Å². The predicted molar refractivity (Wildman–Crippen MR) is 74.0 cm³/mol. The molecule has 1 heterocycles. The molecule has 2 aromatic carbocycles. The van der Waals surface area contributed by atoms with Crippen molar-refractivity contribution >= 4 is 22.9 Å². The summed E-state index contributed by atoms with van der Waals surface area (Å²) in [5.41, 5.74) is 3.28. The van der Waals surface area contributed by atoms with Crippen molar-refractivity contribution in [3.63, 3.8) is 0 Å². The van der Waals surface area contributed by atoms with Crippen molar-refractivity contribution in [2.45, 2.75) is 17.0 Å². The van der Waals surface area contributed by atoms with Crippen molar-refractivity contribution in [2.24, 2.45) is 0 Å². The van der Waals surface area contributed by atoms with Gasteiger partial charge in [0.1, 0.15) is 11.6 Å². The van der Waals surface area contributed by atoms with Crippen LogP contribution in [-0.4, -0.2) is 4.98 Å². The molecular weight excluding hydrogens is 256 g/mol. The molecule has 0 N–H and O–H groups in total. The van der Waals surface area contributed by atoms with Crippen molar-refractivity contribution in [3.8, 4) is 6.07 Å². The van der Waals surface area contributed by atoms with Crippen LogP contribution in [0.25, 0.3) is 11.1 Å². The lowest BCUT2D eigenvalue weighted by molar-refractivity contribution is 0.489. The van der Waals surface area contributed by atoms with Gasteiger partial charge in [-0.15, -0.1) is 0 Å². The van der Waals surface area contributed by atoms with E-state index in [1.807, 2.05) is 43.3 Å². The van der Waals surface area contributed by atoms with Gasteiger partial charge in [0.15, 0.2) is 5.58 Å². The molecule has 92 valence electrons. The summed E-state index contributed by atoms with van der Waals surface area (Å²) in [4.78, 5) is 5.31. The number of aryl methyl sites for hydroxylation is 1. The SMILES string of the molecule is Cc1cccc(C#N)c1Sc1nc2ccccc2o1. The fourth-order valence-electron chi connectivity index (χ4n) is 1.86. The van der Waals surface area contributed by atoms with Crippen molar-refractivity contribution in [3.05, 3.63) is 53.6 Å². The van der Waals surface area contributed by atoms with Gasteiger partial charge < -0.3 is 4.42 Å². The van der Waals surface area contributed by atoms with Crippen molar-refractivity contribution in [1.82, 2.24) is 4.98 Å². The van der Waals surface area contributed by atoms with E-state index in [0.29, 0.717) is 10.8 Å². The lowest BCUT2D eigenvalue weighted by atomic mass is 10.1. The largest absolute Gasteiger partial charge is 0.431 e. The Morgan fingerprint density at radius 3 is 2.79 bits per heavy atom. The second kappa shape index (κ2) is 4.79. The monoisotopic (exact) mass is 266 g/mol. The van der Waals surface area contributed by atoms with E-state index in [-0.39, 0.29) is 0 Å². The smallest absolute Gasteiger partial charge is 0.261 e. The third kappa shape index (κ3) is 2.20. The second-order valence-corrected chi connectivity index (χ2v) is 5.07. The van der Waals surface area contributed by atoms with Crippen LogP contribution in [-0.2, 0) is 0 Å². The van der Waals surface area contributed by atoms with Crippen LogP contribution in [0.5, 0.6) is 0 Å². The van der Waals surface area contributed by atoms with Gasteiger partial charge in [0.2, 0.25) is 0 Å². The molecular formula is C15H10N2OS. The van der Waals surface area contributed by atoms with Gasteiger partial charge in [-0.1, -0.05) is 24.3 Å². The summed E-state index contributed by atoms with van der Waals surface area (Å²) >= 11 is 1.39. The minimum atomic E-state index is 0.562. The highest BCUT2D eigenvalue weighted by atomic mass is 32.2. The predicted octanol–water partition coefficient (Wildman–Crippen LogP) is 4.16. The fourth-order valence-corrected chi connectivity index (χ4v) is 2.76. The highest BCUT2D eigenvalue weighted by Gasteiger charge is 2.12. The summed E-state index contributed by atoms with van der Waals surface area (Å²) in [6.45, 7) is 1.98. The quantitative estimate of drug-likeness (QED) is 0.698. The molecule has 0 unspecified atom stereocenters. The maximum absolute atomic E-state index is 9.15. The van der Waals surface area contributed by atoms with Gasteiger partial charge in [0.05, 0.1) is 5.56 Å². The third-order valence-electron chi connectivity index (χ3n) is 2.80. The molecule has 0 radical (unpaired) electrons. The van der Waals surface area contributed by atoms with Crippen LogP contribution in [0.15, 0.2) is 57.0 Å². The summed E-state index contributed by atoms with van der Waals surface area (Å²) in [6, 6.07) is 15.5. The van der Waals surface area contributed by atoms with Gasteiger partial charge in [-0.05, 0) is 42.4 Å². The number of aromatic nitrogens is 1. The summed E-state index contributed by atoms with van der Waals surface area (Å²) in [6.07, 6.45) is 0. The molecule has 0 aliphatic carbocycles. The highest BCUT2D eigenvalue weighted by Crippen LogP contribution is 2.33. The topological polar surface area (TPSA) is 49.8 Å². The number of para-hydroxylation sites is 2. The van der Waals surface area contributed by atoms with Crippen LogP contribution in [0.3, 0.4) is 0 Å². The van der Waals surface area contributed by atoms with E-state index >= 15 is 0 Å². The molecule has 0 bridgehead atoms. The number of rotatable bonds is 2. The summed E-state index contributed by atoms with van der Waals surface area (Å²) < 4.78 is 5.67. The third-order valence-corrected chi connectivity index (χ3v) is 3.89. The highest BCUT2D eigenvalue weighted by molar-refractivity contribution is 7.99. The first kappa shape index (κ1) is 11.8. The minimum Gasteiger partial charge on any atom is -0.431 e. The van der Waals surface area contributed by atoms with E-state index < -0.39 is 0 Å². The summed E-state index contributed by atoms with van der Waals surface area (Å²) in [5, 5.41) is 9.71. The molecule has 19 heavy (non-hydrogen) atoms. The molecule has 0 fully saturated rings. The molecule has 4 heteroatoms. The molecule has 3 rings (SSSR count). The van der Waals surface area contributed by atoms with Gasteiger partial charge in [0.25, 0.3) is 5.22 Å². The van der Waals surface area contributed by atoms with Crippen LogP contribution >= 0.6 is 11.8 Å². The van der Waals surface area contributed by atoms with Gasteiger partial charge >= 0.3 is 0 Å². The molecule has 1 aromatic heterocycles. The number of hydrogen-bond acceptors (Lipinski definition) is 4. The molecule has 0 saturated carbocycles. The van der Waals surface area contributed by atoms with Gasteiger partial charge in [-0.2, -0.15) is 5.26 Å². The Labute approximate surface area is 114 Å². The first-order chi connectivity index (χ1) is 9.28. The van der Waals surface area contributed by atoms with Crippen molar-refractivity contribution < 1.29 is 4.42 Å². The zero-order chi connectivity index (χ0) is 13.2. The van der Waals surface area contributed by atoms with Gasteiger partial charge in [0, 0.05) is 4.90 Å². The summed E-state index contributed by atoms with van der Waals surface area (Å²) in [5.74, 6) is 0. The van der Waals surface area contributed by atoms with E-state index in [4.69, 9.17) is 9.68 Å². The average Bonchev–Trinajstić information content (AvgIpc) is 2.83. The number of fused-ring (bicyclic) bond motifs is 1. The minimum absolute atomic E-state index is 0.562. The zero-order valence-corrected chi connectivity index (χ0v) is 11.1. The van der Waals surface area contributed by atoms with Crippen LogP contribution in [0.1, 0.15) is 11.1 Å². The summed E-state index contributed by atoms with van der Waals surface area (Å²) in [7, 11) is 0. The molecule has 3 aromatic rings. The Morgan fingerprint density at radius 2 is 2.00 bits per heavy atom. The number of nitrogens with zero attached hydrogens (tertiary/aromatic N) is 2. The zero-order valence-electron chi connectivity index (χ0n) is 10.3. The number of benzene rings is 2. The van der Waals surface area contributed by atoms with E-state index in [1.54, 1.807) is 6.07 Å². The van der Waals surface area contributed by atoms with Crippen LogP contribution in [0, 0.1) is 18.3 Å². The van der Waals surface area contributed by atoms with E-state index in [0.717, 1.165) is 21.6 Å². The molecule has 0 amide bonds. The Bertz CT molecular complexity index is 753. The standard InChI is InChI=1S/C15H10N2OS/c1-10-5-4-6-11(9-16)14(10)19-15-17-12-7-2-3-8-13(12)18-15/h2-8H,1H3. The first-order valence-corrected chi connectivity index (χ1v) is 6.63. The molecule has 3 nitrogen and oxygen atoms in total. The van der Waals surface area contributed by atoms with Crippen LogP contribution in [0.4, 0.5) is 0 Å². The molecule has 0 aliphatic heterocycles. The van der Waals surface area contributed by atoms with Crippen LogP contribution in [0.2, 0.25) is 0 Å². The molecule has 0 atom stereocenters. The number of hydrogen-bond donors (Lipinski definition) is 0. The Hall–Kier alpha value is -2.25. The number of nitriles is 1. The van der Waals surface area contributed by atoms with Crippen molar-refractivity contribution in [2.75, 3.05) is 0 Å². The van der Waals surface area contributed by atoms with Gasteiger partial charge in [-0.25, -0.2) is 4.98 Å². The molecule has 0 aliphatic rings. The average molecular weight is 266 g/mol. The van der Waals surface area contributed by atoms with E-state index in [1.165, 1.54) is 11.8 Å². The fraction of sp³-hybridized carbons (Fsp3) is 0.0667. The Morgan fingerprint density at radius 1 is 1.16 bits per heavy atom. The lowest BCUT2D eigenvalue weighted by Crippen LogP contribution is -1.85. The van der Waals surface area contributed by atoms with Crippen molar-refractivity contribution in [1.29, 1.82) is 5.26 Å². The maximum Gasteiger partial charge on any atom is 0.261 e. The normalized spacial score (nSPS) is 10.5.